The van der Waals surface area contributed by atoms with Crippen molar-refractivity contribution < 1.29 is 38.4 Å². The molecule has 5 N–H and O–H groups in total. The SMILES string of the molecule is COC(=O)C1=C[C@H](N=C(N)N)[C@@H](C)[C@H]([C@H](OCCO)[C@H]2COC(=O)O2)O1. The first-order valence-electron chi connectivity index (χ1n) is 7.98. The van der Waals surface area contributed by atoms with E-state index in [1.54, 1.807) is 6.92 Å². The van der Waals surface area contributed by atoms with Crippen LogP contribution in [0.2, 0.25) is 0 Å². The fourth-order valence-electron chi connectivity index (χ4n) is 2.81. The maximum Gasteiger partial charge on any atom is 0.508 e. The van der Waals surface area contributed by atoms with Crippen LogP contribution >= 0.6 is 0 Å². The molecule has 0 radical (unpaired) electrons. The summed E-state index contributed by atoms with van der Waals surface area (Å²) in [5, 5.41) is 9.08. The molecule has 2 rings (SSSR count). The third kappa shape index (κ3) is 4.55. The van der Waals surface area contributed by atoms with Gasteiger partial charge in [-0.05, 0) is 6.08 Å². The highest BCUT2D eigenvalue weighted by molar-refractivity contribution is 5.86. The van der Waals surface area contributed by atoms with Crippen LogP contribution < -0.4 is 11.5 Å². The summed E-state index contributed by atoms with van der Waals surface area (Å²) in [4.78, 5) is 27.3. The maximum atomic E-state index is 11.9. The molecule has 5 atom stereocenters. The summed E-state index contributed by atoms with van der Waals surface area (Å²) in [6, 6.07) is -0.592. The number of ether oxygens (including phenoxy) is 5. The minimum atomic E-state index is -0.833. The number of nitrogens with two attached hydrogens (primary N) is 2. The van der Waals surface area contributed by atoms with Crippen molar-refractivity contribution in [1.29, 1.82) is 0 Å². The maximum absolute atomic E-state index is 11.9. The number of hydrogen-bond acceptors (Lipinski definition) is 9. The number of methoxy groups -OCH3 is 1. The molecule has 0 saturated carbocycles. The van der Waals surface area contributed by atoms with Crippen LogP contribution in [-0.4, -0.2) is 74.5 Å². The number of aliphatic hydroxyl groups excluding tert-OH is 1. The van der Waals surface area contributed by atoms with Gasteiger partial charge in [0.1, 0.15) is 18.8 Å². The Labute approximate surface area is 149 Å². The number of guanidine groups is 1. The second-order valence-electron chi connectivity index (χ2n) is 5.78. The molecule has 26 heavy (non-hydrogen) atoms. The largest absolute Gasteiger partial charge is 0.508 e. The minimum absolute atomic E-state index is 0.0322. The standard InChI is InChI=1S/C15H23N3O8/c1-7-8(18-14(16)17)5-9(13(20)22-2)25-11(7)12(23-4-3-19)10-6-24-15(21)26-10/h5,7-8,10-12,19H,3-4,6H2,1-2H3,(H4,16,17,18)/t7-,8+,10-,11-,12-/m1/s1. The number of cyclic esters (lactones) is 2. The van der Waals surface area contributed by atoms with E-state index in [-0.39, 0.29) is 37.5 Å². The fraction of sp³-hybridized carbons (Fsp3) is 0.667. The van der Waals surface area contributed by atoms with E-state index in [9.17, 15) is 9.59 Å². The van der Waals surface area contributed by atoms with E-state index in [0.717, 1.165) is 0 Å². The predicted octanol–water partition coefficient (Wildman–Crippen LogP) is -1.37. The van der Waals surface area contributed by atoms with E-state index < -0.39 is 36.5 Å². The van der Waals surface area contributed by atoms with Crippen molar-refractivity contribution in [3.8, 4) is 0 Å². The van der Waals surface area contributed by atoms with Crippen molar-refractivity contribution in [2.24, 2.45) is 22.4 Å². The zero-order valence-corrected chi connectivity index (χ0v) is 14.5. The Balaban J connectivity index is 2.32. The van der Waals surface area contributed by atoms with Crippen molar-refractivity contribution in [3.05, 3.63) is 11.8 Å². The monoisotopic (exact) mass is 373 g/mol. The lowest BCUT2D eigenvalue weighted by Gasteiger charge is -2.38. The van der Waals surface area contributed by atoms with Crippen LogP contribution in [0.4, 0.5) is 4.79 Å². The van der Waals surface area contributed by atoms with Gasteiger partial charge in [-0.1, -0.05) is 6.92 Å². The number of aliphatic hydroxyl groups is 1. The average Bonchev–Trinajstić information content (AvgIpc) is 3.03. The highest BCUT2D eigenvalue weighted by Crippen LogP contribution is 2.32. The molecule has 0 aromatic carbocycles. The van der Waals surface area contributed by atoms with E-state index in [2.05, 4.69) is 4.99 Å². The molecule has 0 spiro atoms. The molecule has 0 amide bonds. The van der Waals surface area contributed by atoms with Gasteiger partial charge in [-0.3, -0.25) is 0 Å². The van der Waals surface area contributed by atoms with Crippen molar-refractivity contribution >= 4 is 18.1 Å². The smallest absolute Gasteiger partial charge is 0.480 e. The molecule has 146 valence electrons. The molecule has 1 fully saturated rings. The molecular formula is C15H23N3O8. The summed E-state index contributed by atoms with van der Waals surface area (Å²) in [6.07, 6.45) is -1.76. The van der Waals surface area contributed by atoms with Gasteiger partial charge in [0.2, 0.25) is 5.76 Å². The van der Waals surface area contributed by atoms with Gasteiger partial charge in [-0.2, -0.15) is 0 Å². The summed E-state index contributed by atoms with van der Waals surface area (Å²) < 4.78 is 26.0. The van der Waals surface area contributed by atoms with Gasteiger partial charge in [-0.15, -0.1) is 0 Å². The molecule has 0 bridgehead atoms. The summed E-state index contributed by atoms with van der Waals surface area (Å²) in [5.41, 5.74) is 10.9. The molecule has 0 unspecified atom stereocenters. The predicted molar refractivity (Wildman–Crippen MR) is 86.8 cm³/mol. The van der Waals surface area contributed by atoms with Crippen LogP contribution in [-0.2, 0) is 28.5 Å². The van der Waals surface area contributed by atoms with Crippen LogP contribution in [0.5, 0.6) is 0 Å². The summed E-state index contributed by atoms with van der Waals surface area (Å²) in [5.74, 6) is -1.31. The van der Waals surface area contributed by atoms with Crippen LogP contribution in [0.1, 0.15) is 6.92 Å². The first-order valence-corrected chi connectivity index (χ1v) is 7.98. The number of esters is 1. The third-order valence-electron chi connectivity index (χ3n) is 4.03. The van der Waals surface area contributed by atoms with Crippen molar-refractivity contribution in [3.63, 3.8) is 0 Å². The second-order valence-corrected chi connectivity index (χ2v) is 5.78. The fourth-order valence-corrected chi connectivity index (χ4v) is 2.81. The average molecular weight is 373 g/mol. The molecular weight excluding hydrogens is 350 g/mol. The number of carbonyl (C=O) groups excluding carboxylic acids is 2. The highest BCUT2D eigenvalue weighted by atomic mass is 16.8. The Kier molecular flexibility index (Phi) is 6.64. The van der Waals surface area contributed by atoms with Gasteiger partial charge in [0.25, 0.3) is 0 Å². The lowest BCUT2D eigenvalue weighted by atomic mass is 9.87. The van der Waals surface area contributed by atoms with E-state index in [1.807, 2.05) is 0 Å². The van der Waals surface area contributed by atoms with Crippen molar-refractivity contribution in [1.82, 2.24) is 0 Å². The topological polar surface area (TPSA) is 165 Å². The Morgan fingerprint density at radius 2 is 2.19 bits per heavy atom. The van der Waals surface area contributed by atoms with E-state index in [0.29, 0.717) is 0 Å². The van der Waals surface area contributed by atoms with E-state index in [4.69, 9.17) is 40.3 Å². The van der Waals surface area contributed by atoms with Gasteiger partial charge in [0, 0.05) is 5.92 Å². The molecule has 0 aromatic heterocycles. The highest BCUT2D eigenvalue weighted by Gasteiger charge is 2.46. The summed E-state index contributed by atoms with van der Waals surface area (Å²) >= 11 is 0. The van der Waals surface area contributed by atoms with Gasteiger partial charge >= 0.3 is 12.1 Å². The summed E-state index contributed by atoms with van der Waals surface area (Å²) in [7, 11) is 1.21. The zero-order valence-electron chi connectivity index (χ0n) is 14.5. The number of carbonyl (C=O) groups is 2. The Hall–Kier alpha value is -2.53. The first-order chi connectivity index (χ1) is 12.4. The lowest BCUT2D eigenvalue weighted by Crippen LogP contribution is -2.51. The quantitative estimate of drug-likeness (QED) is 0.275. The zero-order chi connectivity index (χ0) is 19.3. The Morgan fingerprint density at radius 1 is 1.46 bits per heavy atom. The molecule has 0 aliphatic carbocycles. The van der Waals surface area contributed by atoms with Gasteiger partial charge in [0.15, 0.2) is 12.1 Å². The molecule has 2 heterocycles. The molecule has 1 saturated heterocycles. The molecule has 11 nitrogen and oxygen atoms in total. The Morgan fingerprint density at radius 3 is 2.73 bits per heavy atom. The minimum Gasteiger partial charge on any atom is -0.480 e. The van der Waals surface area contributed by atoms with Crippen LogP contribution in [0.3, 0.4) is 0 Å². The van der Waals surface area contributed by atoms with Crippen LogP contribution in [0.15, 0.2) is 16.8 Å². The molecule has 0 aromatic rings. The first kappa shape index (κ1) is 19.8. The number of nitrogens with zero attached hydrogens (tertiary/aromatic N) is 1. The van der Waals surface area contributed by atoms with Crippen LogP contribution in [0, 0.1) is 5.92 Å². The number of rotatable bonds is 7. The second kappa shape index (κ2) is 8.72. The normalized spacial score (nSPS) is 28.9. The van der Waals surface area contributed by atoms with Crippen LogP contribution in [0.25, 0.3) is 0 Å². The van der Waals surface area contributed by atoms with Gasteiger partial charge < -0.3 is 40.3 Å². The number of hydrogen-bond donors (Lipinski definition) is 3. The van der Waals surface area contributed by atoms with Gasteiger partial charge in [-0.25, -0.2) is 14.6 Å². The van der Waals surface area contributed by atoms with Gasteiger partial charge in [0.05, 0.1) is 26.4 Å². The van der Waals surface area contributed by atoms with E-state index >= 15 is 0 Å². The molecule has 2 aliphatic rings. The Bertz CT molecular complexity index is 589. The lowest BCUT2D eigenvalue weighted by molar-refractivity contribution is -0.153. The third-order valence-corrected chi connectivity index (χ3v) is 4.03. The van der Waals surface area contributed by atoms with Crippen molar-refractivity contribution in [2.45, 2.75) is 31.3 Å². The molecule has 2 aliphatic heterocycles. The van der Waals surface area contributed by atoms with Crippen molar-refractivity contribution in [2.75, 3.05) is 26.9 Å². The number of aliphatic imine (C=N–C) groups is 1. The van der Waals surface area contributed by atoms with E-state index in [1.165, 1.54) is 13.2 Å². The summed E-state index contributed by atoms with van der Waals surface area (Å²) in [6.45, 7) is 1.46. The molecule has 11 heteroatoms.